The number of aliphatic carboxylic acids is 2. The van der Waals surface area contributed by atoms with Crippen LogP contribution in [-0.2, 0) is 23.9 Å². The van der Waals surface area contributed by atoms with Crippen molar-refractivity contribution in [1.82, 2.24) is 0 Å². The predicted octanol–water partition coefficient (Wildman–Crippen LogP) is 0.279. The molecule has 0 spiro atoms. The average molecular weight is 280 g/mol. The average Bonchev–Trinajstić information content (AvgIpc) is 2.91. The van der Waals surface area contributed by atoms with E-state index in [2.05, 4.69) is 6.58 Å². The Labute approximate surface area is 113 Å². The summed E-state index contributed by atoms with van der Waals surface area (Å²) in [6.45, 7) is 4.43. The van der Waals surface area contributed by atoms with Crippen molar-refractivity contribution in [1.29, 1.82) is 0 Å². The van der Waals surface area contributed by atoms with Crippen molar-refractivity contribution in [3.8, 4) is 0 Å². The van der Waals surface area contributed by atoms with Gasteiger partial charge in [-0.15, -0.1) is 0 Å². The molecule has 2 unspecified atom stereocenters. The number of carboxylic acid groups (broad SMARTS) is 2. The maximum Gasteiger partial charge on any atom is 0.335 e. The summed E-state index contributed by atoms with van der Waals surface area (Å²) in [6, 6.07) is 0. The number of carboxylic acids is 2. The number of carbonyl (C=O) groups is 3. The first-order valence-corrected chi connectivity index (χ1v) is 5.69. The lowest BCUT2D eigenvalue weighted by atomic mass is 9.87. The standard InChI is InChI=1S/C13H12O7/c1-6(2)12(18)19-5-13-4-3-7(20-13)8(10(14)15)9(13)11(16)17/h3-4,7H,1,5H2,2H3,(H,14,15)(H,16,17). The third kappa shape index (κ3) is 2.01. The van der Waals surface area contributed by atoms with Gasteiger partial charge < -0.3 is 19.7 Å². The molecule has 0 aliphatic carbocycles. The van der Waals surface area contributed by atoms with Crippen LogP contribution in [0.2, 0.25) is 0 Å². The fourth-order valence-electron chi connectivity index (χ4n) is 2.19. The molecule has 0 saturated heterocycles. The number of hydrogen-bond donors (Lipinski definition) is 2. The van der Waals surface area contributed by atoms with E-state index in [0.717, 1.165) is 0 Å². The largest absolute Gasteiger partial charge is 0.478 e. The SMILES string of the molecule is C=C(C)C(=O)OCC12C=CC(O1)C(C(=O)O)=C2C(=O)O. The van der Waals surface area contributed by atoms with Crippen LogP contribution in [0.15, 0.2) is 35.5 Å². The maximum absolute atomic E-state index is 11.4. The molecule has 2 rings (SSSR count). The molecule has 20 heavy (non-hydrogen) atoms. The number of rotatable bonds is 5. The second kappa shape index (κ2) is 4.61. The van der Waals surface area contributed by atoms with E-state index in [9.17, 15) is 19.5 Å². The van der Waals surface area contributed by atoms with Crippen molar-refractivity contribution in [2.24, 2.45) is 0 Å². The topological polar surface area (TPSA) is 110 Å². The molecule has 106 valence electrons. The first kappa shape index (κ1) is 14.0. The van der Waals surface area contributed by atoms with Crippen molar-refractivity contribution in [3.05, 3.63) is 35.5 Å². The molecule has 0 aromatic heterocycles. The van der Waals surface area contributed by atoms with Gasteiger partial charge in [-0.25, -0.2) is 14.4 Å². The second-order valence-corrected chi connectivity index (χ2v) is 4.54. The Hall–Kier alpha value is -2.41. The molecule has 0 aromatic rings. The third-order valence-electron chi connectivity index (χ3n) is 3.06. The molecule has 0 radical (unpaired) electrons. The van der Waals surface area contributed by atoms with Gasteiger partial charge in [0.1, 0.15) is 12.7 Å². The molecule has 2 N–H and O–H groups in total. The second-order valence-electron chi connectivity index (χ2n) is 4.54. The van der Waals surface area contributed by atoms with Crippen LogP contribution in [0.25, 0.3) is 0 Å². The minimum Gasteiger partial charge on any atom is -0.478 e. The van der Waals surface area contributed by atoms with Crippen LogP contribution >= 0.6 is 0 Å². The van der Waals surface area contributed by atoms with Gasteiger partial charge in [0.25, 0.3) is 0 Å². The van der Waals surface area contributed by atoms with Crippen LogP contribution < -0.4 is 0 Å². The number of ether oxygens (including phenoxy) is 2. The van der Waals surface area contributed by atoms with Crippen LogP contribution in [0.4, 0.5) is 0 Å². The first-order chi connectivity index (χ1) is 9.28. The Morgan fingerprint density at radius 2 is 2.05 bits per heavy atom. The molecule has 2 bridgehead atoms. The fraction of sp³-hybridized carbons (Fsp3) is 0.308. The van der Waals surface area contributed by atoms with Crippen molar-refractivity contribution in [3.63, 3.8) is 0 Å². The monoisotopic (exact) mass is 280 g/mol. The van der Waals surface area contributed by atoms with Crippen LogP contribution in [0.1, 0.15) is 6.92 Å². The molecule has 0 fully saturated rings. The van der Waals surface area contributed by atoms with E-state index >= 15 is 0 Å². The van der Waals surface area contributed by atoms with Gasteiger partial charge in [-0.3, -0.25) is 0 Å². The first-order valence-electron chi connectivity index (χ1n) is 5.69. The number of esters is 1. The van der Waals surface area contributed by atoms with Gasteiger partial charge in [0.15, 0.2) is 5.60 Å². The molecular formula is C13H12O7. The predicted molar refractivity (Wildman–Crippen MR) is 64.8 cm³/mol. The highest BCUT2D eigenvalue weighted by molar-refractivity contribution is 6.03. The van der Waals surface area contributed by atoms with E-state index in [4.69, 9.17) is 14.6 Å². The zero-order valence-corrected chi connectivity index (χ0v) is 10.6. The molecule has 2 heterocycles. The molecule has 0 saturated carbocycles. The van der Waals surface area contributed by atoms with Crippen LogP contribution in [0.5, 0.6) is 0 Å². The summed E-state index contributed by atoms with van der Waals surface area (Å²) < 4.78 is 10.3. The minimum atomic E-state index is -1.55. The number of hydrogen-bond acceptors (Lipinski definition) is 5. The molecule has 2 atom stereocenters. The summed E-state index contributed by atoms with van der Waals surface area (Å²) in [5, 5.41) is 18.3. The Morgan fingerprint density at radius 3 is 2.55 bits per heavy atom. The Kier molecular flexibility index (Phi) is 3.23. The van der Waals surface area contributed by atoms with Gasteiger partial charge in [0, 0.05) is 5.57 Å². The van der Waals surface area contributed by atoms with Crippen LogP contribution in [-0.4, -0.2) is 46.4 Å². The zero-order chi connectivity index (χ0) is 15.1. The van der Waals surface area contributed by atoms with Gasteiger partial charge >= 0.3 is 17.9 Å². The molecular weight excluding hydrogens is 268 g/mol. The molecule has 0 aromatic carbocycles. The van der Waals surface area contributed by atoms with Gasteiger partial charge in [-0.05, 0) is 13.0 Å². The summed E-state index contributed by atoms with van der Waals surface area (Å²) in [7, 11) is 0. The lowest BCUT2D eigenvalue weighted by molar-refractivity contribution is -0.147. The normalized spacial score (nSPS) is 26.8. The Balaban J connectivity index is 2.32. The molecule has 7 nitrogen and oxygen atoms in total. The highest BCUT2D eigenvalue weighted by atomic mass is 16.6. The van der Waals surface area contributed by atoms with Crippen LogP contribution in [0.3, 0.4) is 0 Å². The summed E-state index contributed by atoms with van der Waals surface area (Å²) in [5.41, 5.74) is -2.15. The van der Waals surface area contributed by atoms with E-state index < -0.39 is 41.8 Å². The molecule has 2 aliphatic rings. The number of fused-ring (bicyclic) bond motifs is 2. The number of carbonyl (C=O) groups excluding carboxylic acids is 1. The van der Waals surface area contributed by atoms with Crippen molar-refractivity contribution in [2.45, 2.75) is 18.6 Å². The third-order valence-corrected chi connectivity index (χ3v) is 3.06. The van der Waals surface area contributed by atoms with E-state index in [1.807, 2.05) is 0 Å². The van der Waals surface area contributed by atoms with E-state index in [1.165, 1.54) is 19.1 Å². The molecule has 2 aliphatic heterocycles. The van der Waals surface area contributed by atoms with Crippen molar-refractivity contribution in [2.75, 3.05) is 6.61 Å². The quantitative estimate of drug-likeness (QED) is 0.422. The highest BCUT2D eigenvalue weighted by Crippen LogP contribution is 2.43. The van der Waals surface area contributed by atoms with Gasteiger partial charge in [-0.2, -0.15) is 0 Å². The van der Waals surface area contributed by atoms with E-state index in [1.54, 1.807) is 0 Å². The molecule has 0 amide bonds. The lowest BCUT2D eigenvalue weighted by Crippen LogP contribution is -2.37. The maximum atomic E-state index is 11.4. The van der Waals surface area contributed by atoms with Crippen molar-refractivity contribution < 1.29 is 34.1 Å². The van der Waals surface area contributed by atoms with Gasteiger partial charge in [-0.1, -0.05) is 12.7 Å². The summed E-state index contributed by atoms with van der Waals surface area (Å²) in [6.07, 6.45) is 1.89. The Morgan fingerprint density at radius 1 is 1.40 bits per heavy atom. The van der Waals surface area contributed by atoms with E-state index in [-0.39, 0.29) is 11.1 Å². The molecule has 7 heteroatoms. The van der Waals surface area contributed by atoms with Crippen LogP contribution in [0, 0.1) is 0 Å². The summed E-state index contributed by atoms with van der Waals surface area (Å²) >= 11 is 0. The van der Waals surface area contributed by atoms with E-state index in [0.29, 0.717) is 0 Å². The Bertz CT molecular complexity index is 584. The summed E-state index contributed by atoms with van der Waals surface area (Å²) in [5.74, 6) is -3.49. The van der Waals surface area contributed by atoms with Gasteiger partial charge in [0.05, 0.1) is 11.1 Å². The van der Waals surface area contributed by atoms with Gasteiger partial charge in [0.2, 0.25) is 0 Å². The summed E-state index contributed by atoms with van der Waals surface area (Å²) in [4.78, 5) is 33.8. The fourth-order valence-corrected chi connectivity index (χ4v) is 2.19. The minimum absolute atomic E-state index is 0.150. The lowest BCUT2D eigenvalue weighted by Gasteiger charge is -2.24. The highest BCUT2D eigenvalue weighted by Gasteiger charge is 2.54. The smallest absolute Gasteiger partial charge is 0.335 e. The van der Waals surface area contributed by atoms with Crippen molar-refractivity contribution >= 4 is 17.9 Å². The zero-order valence-electron chi connectivity index (χ0n) is 10.6.